The standard InChI is InChI=1S/C29H28ClF3N2O3/c1-38-23-8-10-27-24(17-23)19(11-13-34-27)4-2-5-20-12-15-35(18-25(20)28(36)37)14-3-6-21-16-22(29(31,32)33)7-9-26(21)30/h7-11,13,16-17,20,25H,2,4-5,12,14-15,18H2,1H3,(H,36,37)/t20-,25+/m1/s1. The van der Waals surface area contributed by atoms with Crippen LogP contribution in [0.1, 0.15) is 36.0 Å². The number of ether oxygens (including phenoxy) is 1. The van der Waals surface area contributed by atoms with Crippen molar-refractivity contribution in [3.63, 3.8) is 0 Å². The van der Waals surface area contributed by atoms with Crippen LogP contribution in [-0.2, 0) is 17.4 Å². The molecule has 200 valence electrons. The lowest BCUT2D eigenvalue weighted by atomic mass is 9.81. The van der Waals surface area contributed by atoms with Gasteiger partial charge in [0, 0.05) is 23.7 Å². The number of pyridine rings is 1. The van der Waals surface area contributed by atoms with Crippen molar-refractivity contribution >= 4 is 28.5 Å². The van der Waals surface area contributed by atoms with Gasteiger partial charge in [-0.3, -0.25) is 14.7 Å². The van der Waals surface area contributed by atoms with Gasteiger partial charge in [-0.1, -0.05) is 23.4 Å². The number of methoxy groups -OCH3 is 1. The molecule has 4 rings (SSSR count). The zero-order valence-corrected chi connectivity index (χ0v) is 21.6. The molecular weight excluding hydrogens is 517 g/mol. The lowest BCUT2D eigenvalue weighted by molar-refractivity contribution is -0.146. The van der Waals surface area contributed by atoms with Gasteiger partial charge in [-0.05, 0) is 86.2 Å². The van der Waals surface area contributed by atoms with Crippen LogP contribution in [-0.4, -0.2) is 47.7 Å². The van der Waals surface area contributed by atoms with E-state index < -0.39 is 23.6 Å². The van der Waals surface area contributed by atoms with Crippen molar-refractivity contribution in [3.8, 4) is 17.6 Å². The summed E-state index contributed by atoms with van der Waals surface area (Å²) in [5, 5.41) is 11.1. The van der Waals surface area contributed by atoms with Crippen LogP contribution in [0, 0.1) is 23.7 Å². The van der Waals surface area contributed by atoms with Crippen LogP contribution in [0.25, 0.3) is 10.9 Å². The lowest BCUT2D eigenvalue weighted by Crippen LogP contribution is -2.44. The molecule has 1 aliphatic rings. The molecule has 0 saturated carbocycles. The molecule has 1 fully saturated rings. The second-order valence-corrected chi connectivity index (χ2v) is 9.88. The number of carboxylic acid groups (broad SMARTS) is 1. The number of likely N-dealkylation sites (tertiary alicyclic amines) is 1. The smallest absolute Gasteiger partial charge is 0.416 e. The highest BCUT2D eigenvalue weighted by atomic mass is 35.5. The van der Waals surface area contributed by atoms with Gasteiger partial charge in [-0.15, -0.1) is 0 Å². The number of rotatable bonds is 7. The summed E-state index contributed by atoms with van der Waals surface area (Å²) in [6.07, 6.45) is 0.462. The van der Waals surface area contributed by atoms with E-state index in [4.69, 9.17) is 16.3 Å². The highest BCUT2D eigenvalue weighted by Gasteiger charge is 2.34. The summed E-state index contributed by atoms with van der Waals surface area (Å²) < 4.78 is 44.3. The van der Waals surface area contributed by atoms with E-state index in [2.05, 4.69) is 16.8 Å². The molecule has 1 aromatic heterocycles. The number of carbonyl (C=O) groups is 1. The fourth-order valence-corrected chi connectivity index (χ4v) is 5.13. The number of benzene rings is 2. The Morgan fingerprint density at radius 3 is 2.79 bits per heavy atom. The van der Waals surface area contributed by atoms with Gasteiger partial charge in [0.1, 0.15) is 5.75 Å². The predicted octanol–water partition coefficient (Wildman–Crippen LogP) is 6.31. The molecule has 9 heteroatoms. The van der Waals surface area contributed by atoms with E-state index in [9.17, 15) is 23.1 Å². The van der Waals surface area contributed by atoms with Crippen molar-refractivity contribution in [2.75, 3.05) is 26.7 Å². The van der Waals surface area contributed by atoms with Gasteiger partial charge in [0.05, 0.1) is 35.7 Å². The third kappa shape index (κ3) is 6.77. The molecule has 1 saturated heterocycles. The Labute approximate surface area is 224 Å². The molecule has 0 spiro atoms. The Kier molecular flexibility index (Phi) is 8.80. The van der Waals surface area contributed by atoms with Gasteiger partial charge in [0.25, 0.3) is 0 Å². The van der Waals surface area contributed by atoms with Crippen LogP contribution in [0.2, 0.25) is 5.02 Å². The van der Waals surface area contributed by atoms with E-state index in [-0.39, 0.29) is 23.0 Å². The molecular formula is C29H28ClF3N2O3. The van der Waals surface area contributed by atoms with Crippen molar-refractivity contribution in [1.82, 2.24) is 9.88 Å². The van der Waals surface area contributed by atoms with Crippen molar-refractivity contribution in [1.29, 1.82) is 0 Å². The quantitative estimate of drug-likeness (QED) is 0.353. The number of aromatic nitrogens is 1. The number of carboxylic acids is 1. The minimum atomic E-state index is -4.48. The summed E-state index contributed by atoms with van der Waals surface area (Å²) in [6, 6.07) is 10.8. The number of halogens is 4. The van der Waals surface area contributed by atoms with E-state index in [0.717, 1.165) is 53.6 Å². The van der Waals surface area contributed by atoms with E-state index in [0.29, 0.717) is 19.5 Å². The Morgan fingerprint density at radius 1 is 1.24 bits per heavy atom. The fraction of sp³-hybridized carbons (Fsp3) is 0.379. The zero-order chi connectivity index (χ0) is 27.3. The average Bonchev–Trinajstić information content (AvgIpc) is 2.89. The van der Waals surface area contributed by atoms with E-state index in [1.807, 2.05) is 29.2 Å². The highest BCUT2D eigenvalue weighted by Crippen LogP contribution is 2.32. The third-order valence-corrected chi connectivity index (χ3v) is 7.37. The Morgan fingerprint density at radius 2 is 2.05 bits per heavy atom. The molecule has 0 bridgehead atoms. The summed E-state index contributed by atoms with van der Waals surface area (Å²) in [6.45, 7) is 1.28. The van der Waals surface area contributed by atoms with Crippen LogP contribution >= 0.6 is 11.6 Å². The number of aryl methyl sites for hydroxylation is 1. The minimum absolute atomic E-state index is 0.0391. The first kappa shape index (κ1) is 27.7. The van der Waals surface area contributed by atoms with Crippen LogP contribution in [0.3, 0.4) is 0 Å². The molecule has 2 heterocycles. The van der Waals surface area contributed by atoms with Crippen LogP contribution < -0.4 is 4.74 Å². The highest BCUT2D eigenvalue weighted by molar-refractivity contribution is 6.31. The van der Waals surface area contributed by atoms with Gasteiger partial charge in [0.15, 0.2) is 0 Å². The molecule has 2 aromatic carbocycles. The Bertz CT molecular complexity index is 1370. The number of alkyl halides is 3. The Balaban J connectivity index is 1.35. The summed E-state index contributed by atoms with van der Waals surface area (Å²) >= 11 is 6.02. The van der Waals surface area contributed by atoms with Gasteiger partial charge in [-0.25, -0.2) is 0 Å². The summed E-state index contributed by atoms with van der Waals surface area (Å²) in [5.74, 6) is 5.02. The van der Waals surface area contributed by atoms with Gasteiger partial charge in [0.2, 0.25) is 0 Å². The monoisotopic (exact) mass is 544 g/mol. The minimum Gasteiger partial charge on any atom is -0.497 e. The predicted molar refractivity (Wildman–Crippen MR) is 140 cm³/mol. The maximum atomic E-state index is 13.0. The molecule has 0 radical (unpaired) electrons. The number of nitrogens with zero attached hydrogens (tertiary/aromatic N) is 2. The number of fused-ring (bicyclic) bond motifs is 1. The average molecular weight is 545 g/mol. The summed E-state index contributed by atoms with van der Waals surface area (Å²) in [7, 11) is 1.63. The number of hydrogen-bond donors (Lipinski definition) is 1. The van der Waals surface area contributed by atoms with Crippen molar-refractivity contribution in [2.45, 2.75) is 31.9 Å². The third-order valence-electron chi connectivity index (χ3n) is 7.04. The van der Waals surface area contributed by atoms with Crippen LogP contribution in [0.15, 0.2) is 48.7 Å². The molecule has 0 amide bonds. The van der Waals surface area contributed by atoms with Gasteiger partial charge >= 0.3 is 12.1 Å². The van der Waals surface area contributed by atoms with Crippen LogP contribution in [0.4, 0.5) is 13.2 Å². The van der Waals surface area contributed by atoms with Crippen molar-refractivity contribution in [3.05, 3.63) is 70.4 Å². The zero-order valence-electron chi connectivity index (χ0n) is 20.9. The topological polar surface area (TPSA) is 62.7 Å². The molecule has 0 aliphatic carbocycles. The van der Waals surface area contributed by atoms with E-state index in [1.54, 1.807) is 13.3 Å². The number of piperidine rings is 1. The number of hydrogen-bond acceptors (Lipinski definition) is 4. The van der Waals surface area contributed by atoms with Crippen LogP contribution in [0.5, 0.6) is 5.75 Å². The van der Waals surface area contributed by atoms with E-state index in [1.165, 1.54) is 6.07 Å². The van der Waals surface area contributed by atoms with Gasteiger partial charge < -0.3 is 9.84 Å². The fourth-order valence-electron chi connectivity index (χ4n) is 4.96. The largest absolute Gasteiger partial charge is 0.497 e. The second-order valence-electron chi connectivity index (χ2n) is 9.47. The molecule has 1 N–H and O–H groups in total. The normalized spacial score (nSPS) is 18.1. The first-order valence-corrected chi connectivity index (χ1v) is 12.8. The first-order chi connectivity index (χ1) is 18.2. The molecule has 0 unspecified atom stereocenters. The lowest BCUT2D eigenvalue weighted by Gasteiger charge is -2.35. The molecule has 3 aromatic rings. The molecule has 38 heavy (non-hydrogen) atoms. The SMILES string of the molecule is COc1ccc2nccc(CCC[C@@H]3CCN(CC#Cc4cc(C(F)(F)F)ccc4Cl)C[C@@H]3C(=O)O)c2c1. The molecule has 1 aliphatic heterocycles. The first-order valence-electron chi connectivity index (χ1n) is 12.4. The van der Waals surface area contributed by atoms with Crippen molar-refractivity contribution < 1.29 is 27.8 Å². The van der Waals surface area contributed by atoms with Crippen molar-refractivity contribution in [2.24, 2.45) is 11.8 Å². The van der Waals surface area contributed by atoms with E-state index >= 15 is 0 Å². The summed E-state index contributed by atoms with van der Waals surface area (Å²) in [5.41, 5.74) is 1.35. The molecule has 2 atom stereocenters. The maximum absolute atomic E-state index is 13.0. The molecule has 5 nitrogen and oxygen atoms in total. The van der Waals surface area contributed by atoms with Gasteiger partial charge in [-0.2, -0.15) is 13.2 Å². The Hall–Kier alpha value is -3.28. The maximum Gasteiger partial charge on any atom is 0.416 e. The second kappa shape index (κ2) is 12.1. The number of aliphatic carboxylic acids is 1. The summed E-state index contributed by atoms with van der Waals surface area (Å²) in [4.78, 5) is 18.4.